The van der Waals surface area contributed by atoms with E-state index in [0.717, 1.165) is 13.2 Å². The first-order valence-electron chi connectivity index (χ1n) is 7.20. The van der Waals surface area contributed by atoms with Crippen LogP contribution in [0.25, 0.3) is 0 Å². The lowest BCUT2D eigenvalue weighted by Gasteiger charge is -2.38. The van der Waals surface area contributed by atoms with E-state index >= 15 is 0 Å². The average molecular weight is 259 g/mol. The van der Waals surface area contributed by atoms with E-state index in [9.17, 15) is 0 Å². The zero-order valence-corrected chi connectivity index (χ0v) is 12.9. The maximum absolute atomic E-state index is 6.04. The van der Waals surface area contributed by atoms with Crippen molar-refractivity contribution >= 4 is 8.72 Å². The van der Waals surface area contributed by atoms with E-state index in [1.54, 1.807) is 0 Å². The van der Waals surface area contributed by atoms with Crippen molar-refractivity contribution in [1.82, 2.24) is 4.98 Å². The highest BCUT2D eigenvalue weighted by atomic mass is 28.4. The van der Waals surface area contributed by atoms with Crippen LogP contribution in [0.2, 0.25) is 5.54 Å². The van der Waals surface area contributed by atoms with Crippen LogP contribution < -0.4 is 4.98 Å². The van der Waals surface area contributed by atoms with Gasteiger partial charge < -0.3 is 8.85 Å². The molecule has 0 aliphatic heterocycles. The second kappa shape index (κ2) is 7.51. The Morgan fingerprint density at radius 3 is 2.00 bits per heavy atom. The van der Waals surface area contributed by atoms with E-state index in [1.807, 2.05) is 0 Å². The summed E-state index contributed by atoms with van der Waals surface area (Å²) in [5.41, 5.74) is 0.448. The highest BCUT2D eigenvalue weighted by molar-refractivity contribution is 6.66. The van der Waals surface area contributed by atoms with E-state index in [4.69, 9.17) is 8.85 Å². The minimum Gasteiger partial charge on any atom is -0.383 e. The van der Waals surface area contributed by atoms with Gasteiger partial charge >= 0.3 is 8.72 Å². The van der Waals surface area contributed by atoms with Gasteiger partial charge in [-0.25, -0.2) is 0 Å². The Morgan fingerprint density at radius 2 is 1.59 bits per heavy atom. The fraction of sp³-hybridized carbons (Fsp3) is 1.00. The summed E-state index contributed by atoms with van der Waals surface area (Å²) >= 11 is 0. The molecular formula is C13H29NO2Si. The van der Waals surface area contributed by atoms with Crippen LogP contribution in [-0.4, -0.2) is 28.0 Å². The van der Waals surface area contributed by atoms with Crippen molar-refractivity contribution in [3.63, 3.8) is 0 Å². The Kier molecular flexibility index (Phi) is 6.70. The third-order valence-electron chi connectivity index (χ3n) is 3.49. The molecule has 0 bridgehead atoms. The van der Waals surface area contributed by atoms with Crippen molar-refractivity contribution in [2.75, 3.05) is 13.2 Å². The van der Waals surface area contributed by atoms with Gasteiger partial charge in [0.25, 0.3) is 0 Å². The summed E-state index contributed by atoms with van der Waals surface area (Å²) < 4.78 is 12.1. The molecule has 0 atom stereocenters. The zero-order valence-electron chi connectivity index (χ0n) is 11.9. The number of rotatable bonds is 7. The Bertz CT molecular complexity index is 200. The second-order valence-corrected chi connectivity index (χ2v) is 8.52. The van der Waals surface area contributed by atoms with Crippen LogP contribution in [0.1, 0.15) is 59.8 Å². The summed E-state index contributed by atoms with van der Waals surface area (Å²) in [6, 6.07) is 0.607. The summed E-state index contributed by atoms with van der Waals surface area (Å²) in [4.78, 5) is 3.77. The molecule has 0 aromatic carbocycles. The highest BCUT2D eigenvalue weighted by Gasteiger charge is 2.43. The molecule has 3 nitrogen and oxygen atoms in total. The average Bonchev–Trinajstić information content (AvgIpc) is 2.30. The molecule has 0 unspecified atom stereocenters. The van der Waals surface area contributed by atoms with Gasteiger partial charge in [0.05, 0.1) is 0 Å². The maximum atomic E-state index is 6.04. The normalized spacial score (nSPS) is 18.9. The molecule has 17 heavy (non-hydrogen) atoms. The van der Waals surface area contributed by atoms with Crippen molar-refractivity contribution < 1.29 is 8.85 Å². The van der Waals surface area contributed by atoms with Gasteiger partial charge in [0.15, 0.2) is 0 Å². The highest BCUT2D eigenvalue weighted by Crippen LogP contribution is 2.25. The van der Waals surface area contributed by atoms with Gasteiger partial charge in [-0.15, -0.1) is 0 Å². The third-order valence-corrected chi connectivity index (χ3v) is 7.25. The fourth-order valence-corrected chi connectivity index (χ4v) is 5.55. The van der Waals surface area contributed by atoms with Crippen molar-refractivity contribution in [1.29, 1.82) is 0 Å². The molecule has 1 fully saturated rings. The third kappa shape index (κ3) is 4.36. The van der Waals surface area contributed by atoms with Gasteiger partial charge in [0.1, 0.15) is 0 Å². The Hall–Kier alpha value is 0.0969. The first kappa shape index (κ1) is 15.2. The Morgan fingerprint density at radius 1 is 1.06 bits per heavy atom. The van der Waals surface area contributed by atoms with E-state index < -0.39 is 8.72 Å². The Labute approximate surface area is 108 Å². The molecule has 0 heterocycles. The van der Waals surface area contributed by atoms with Crippen LogP contribution in [0.3, 0.4) is 0 Å². The molecule has 1 aliphatic rings. The molecule has 102 valence electrons. The van der Waals surface area contributed by atoms with Gasteiger partial charge in [0.2, 0.25) is 0 Å². The lowest BCUT2D eigenvalue weighted by Crippen LogP contribution is -2.62. The van der Waals surface area contributed by atoms with Gasteiger partial charge in [-0.2, -0.15) is 0 Å². The molecule has 0 amide bonds. The minimum absolute atomic E-state index is 0.448. The molecule has 0 saturated heterocycles. The van der Waals surface area contributed by atoms with E-state index in [2.05, 4.69) is 32.7 Å². The van der Waals surface area contributed by atoms with Crippen LogP contribution >= 0.6 is 0 Å². The molecule has 0 spiro atoms. The standard InChI is InChI=1S/C13H29NO2Si/c1-5-15-17(12(3)4,16-6-2)14-13-10-8-7-9-11-13/h12-14H,5-11H2,1-4H3. The molecule has 1 aliphatic carbocycles. The molecule has 1 rings (SSSR count). The summed E-state index contributed by atoms with van der Waals surface area (Å²) in [6.07, 6.45) is 6.64. The van der Waals surface area contributed by atoms with Crippen molar-refractivity contribution in [2.24, 2.45) is 0 Å². The lowest BCUT2D eigenvalue weighted by molar-refractivity contribution is 0.155. The van der Waals surface area contributed by atoms with Crippen LogP contribution in [0, 0.1) is 0 Å². The first-order valence-corrected chi connectivity index (χ1v) is 9.09. The summed E-state index contributed by atoms with van der Waals surface area (Å²) in [5, 5.41) is 0. The van der Waals surface area contributed by atoms with Gasteiger partial charge in [-0.05, 0) is 26.7 Å². The van der Waals surface area contributed by atoms with Crippen molar-refractivity contribution in [3.05, 3.63) is 0 Å². The molecule has 1 saturated carbocycles. The van der Waals surface area contributed by atoms with Gasteiger partial charge in [-0.3, -0.25) is 4.98 Å². The largest absolute Gasteiger partial charge is 0.427 e. The lowest BCUT2D eigenvalue weighted by atomic mass is 9.96. The van der Waals surface area contributed by atoms with E-state index in [-0.39, 0.29) is 0 Å². The minimum atomic E-state index is -2.21. The molecule has 0 aromatic rings. The van der Waals surface area contributed by atoms with Crippen LogP contribution in [-0.2, 0) is 8.85 Å². The SMILES string of the molecule is CCO[Si](NC1CCCCC1)(OCC)C(C)C. The molecule has 0 radical (unpaired) electrons. The van der Waals surface area contributed by atoms with Crippen LogP contribution in [0.15, 0.2) is 0 Å². The second-order valence-electron chi connectivity index (χ2n) is 5.17. The molecule has 4 heteroatoms. The van der Waals surface area contributed by atoms with Crippen LogP contribution in [0.5, 0.6) is 0 Å². The Balaban J connectivity index is 2.65. The first-order chi connectivity index (χ1) is 8.14. The topological polar surface area (TPSA) is 30.5 Å². The number of hydrogen-bond donors (Lipinski definition) is 1. The zero-order chi connectivity index (χ0) is 12.7. The summed E-state index contributed by atoms with van der Waals surface area (Å²) in [5.74, 6) is 0. The predicted molar refractivity (Wildman–Crippen MR) is 74.1 cm³/mol. The van der Waals surface area contributed by atoms with Crippen molar-refractivity contribution in [2.45, 2.75) is 71.4 Å². The van der Waals surface area contributed by atoms with Gasteiger partial charge in [-0.1, -0.05) is 33.1 Å². The predicted octanol–water partition coefficient (Wildman–Crippen LogP) is 3.33. The number of nitrogens with one attached hydrogen (secondary N) is 1. The maximum Gasteiger partial charge on any atom is 0.427 e. The molecule has 0 aromatic heterocycles. The summed E-state index contributed by atoms with van der Waals surface area (Å²) in [7, 11) is -2.21. The fourth-order valence-electron chi connectivity index (χ4n) is 2.59. The summed E-state index contributed by atoms with van der Waals surface area (Å²) in [6.45, 7) is 10.0. The smallest absolute Gasteiger partial charge is 0.383 e. The molecular weight excluding hydrogens is 230 g/mol. The van der Waals surface area contributed by atoms with Crippen molar-refractivity contribution in [3.8, 4) is 0 Å². The van der Waals surface area contributed by atoms with E-state index in [1.165, 1.54) is 32.1 Å². The van der Waals surface area contributed by atoms with Gasteiger partial charge in [0, 0.05) is 24.8 Å². The monoisotopic (exact) mass is 259 g/mol. The van der Waals surface area contributed by atoms with Crippen LogP contribution in [0.4, 0.5) is 0 Å². The molecule has 1 N–H and O–H groups in total. The quantitative estimate of drug-likeness (QED) is 0.711. The van der Waals surface area contributed by atoms with E-state index in [0.29, 0.717) is 11.6 Å². The number of hydrogen-bond acceptors (Lipinski definition) is 3.